The van der Waals surface area contributed by atoms with Crippen LogP contribution in [0.5, 0.6) is 0 Å². The summed E-state index contributed by atoms with van der Waals surface area (Å²) in [4.78, 5) is 11.6. The van der Waals surface area contributed by atoms with E-state index in [1.165, 1.54) is 38.0 Å². The van der Waals surface area contributed by atoms with Crippen molar-refractivity contribution in [1.29, 1.82) is 0 Å². The number of aryl methyl sites for hydroxylation is 1. The molecule has 0 spiro atoms. The van der Waals surface area contributed by atoms with Crippen LogP contribution in [0.2, 0.25) is 0 Å². The predicted octanol–water partition coefficient (Wildman–Crippen LogP) is 2.57. The maximum absolute atomic E-state index is 4.67. The molecular formula is C20H32N6. The fourth-order valence-electron chi connectivity index (χ4n) is 3.59. The number of imidazole rings is 1. The van der Waals surface area contributed by atoms with Gasteiger partial charge in [-0.05, 0) is 58.8 Å². The van der Waals surface area contributed by atoms with Crippen LogP contribution in [0.3, 0.4) is 0 Å². The molecule has 2 N–H and O–H groups in total. The van der Waals surface area contributed by atoms with Gasteiger partial charge in [0.15, 0.2) is 5.96 Å². The molecular weight excluding hydrogens is 324 g/mol. The molecule has 1 fully saturated rings. The lowest BCUT2D eigenvalue weighted by Gasteiger charge is -2.41. The standard InChI is InChI=1S/C20H32N6/c1-16-9-8-10-18-24-17(14-26(16)18)13-22-19(21-4)23-15-20(2,3)25-11-6-5-7-12-25/h8-10,14H,5-7,11-13,15H2,1-4H3,(H2,21,22,23). The smallest absolute Gasteiger partial charge is 0.191 e. The summed E-state index contributed by atoms with van der Waals surface area (Å²) < 4.78 is 2.12. The Bertz CT molecular complexity index is 755. The highest BCUT2D eigenvalue weighted by molar-refractivity contribution is 5.79. The van der Waals surface area contributed by atoms with Crippen LogP contribution in [-0.2, 0) is 6.54 Å². The maximum atomic E-state index is 4.67. The van der Waals surface area contributed by atoms with E-state index < -0.39 is 0 Å². The summed E-state index contributed by atoms with van der Waals surface area (Å²) in [7, 11) is 1.82. The molecule has 0 saturated carbocycles. The second-order valence-corrected chi connectivity index (χ2v) is 7.77. The zero-order valence-electron chi connectivity index (χ0n) is 16.5. The van der Waals surface area contributed by atoms with Gasteiger partial charge in [-0.25, -0.2) is 4.98 Å². The topological polar surface area (TPSA) is 57.0 Å². The fourth-order valence-corrected chi connectivity index (χ4v) is 3.59. The molecule has 6 nitrogen and oxygen atoms in total. The molecule has 0 radical (unpaired) electrons. The lowest BCUT2D eigenvalue weighted by Crippen LogP contribution is -2.54. The zero-order valence-corrected chi connectivity index (χ0v) is 16.5. The first-order valence-corrected chi connectivity index (χ1v) is 9.63. The molecule has 26 heavy (non-hydrogen) atoms. The van der Waals surface area contributed by atoms with E-state index in [1.807, 2.05) is 19.2 Å². The Balaban J connectivity index is 1.55. The van der Waals surface area contributed by atoms with Crippen molar-refractivity contribution >= 4 is 11.6 Å². The lowest BCUT2D eigenvalue weighted by atomic mass is 9.98. The molecule has 0 aliphatic carbocycles. The number of hydrogen-bond acceptors (Lipinski definition) is 3. The highest BCUT2D eigenvalue weighted by atomic mass is 15.2. The second-order valence-electron chi connectivity index (χ2n) is 7.77. The van der Waals surface area contributed by atoms with Gasteiger partial charge in [0, 0.05) is 31.0 Å². The first-order chi connectivity index (χ1) is 12.5. The summed E-state index contributed by atoms with van der Waals surface area (Å²) in [5.41, 5.74) is 3.30. The van der Waals surface area contributed by atoms with Gasteiger partial charge in [0.25, 0.3) is 0 Å². The monoisotopic (exact) mass is 356 g/mol. The van der Waals surface area contributed by atoms with Crippen molar-refractivity contribution in [2.24, 2.45) is 4.99 Å². The van der Waals surface area contributed by atoms with Gasteiger partial charge in [0.1, 0.15) is 5.65 Å². The summed E-state index contributed by atoms with van der Waals surface area (Å²) in [5.74, 6) is 0.823. The lowest BCUT2D eigenvalue weighted by molar-refractivity contribution is 0.0982. The van der Waals surface area contributed by atoms with Crippen LogP contribution in [0.25, 0.3) is 5.65 Å². The molecule has 0 bridgehead atoms. The normalized spacial score (nSPS) is 16.8. The van der Waals surface area contributed by atoms with Gasteiger partial charge < -0.3 is 15.0 Å². The summed E-state index contributed by atoms with van der Waals surface area (Å²) in [5, 5.41) is 6.87. The number of aliphatic imine (C=N–C) groups is 1. The van der Waals surface area contributed by atoms with Crippen LogP contribution in [0.1, 0.15) is 44.5 Å². The van der Waals surface area contributed by atoms with Gasteiger partial charge in [-0.1, -0.05) is 12.5 Å². The van der Waals surface area contributed by atoms with E-state index in [-0.39, 0.29) is 5.54 Å². The number of nitrogens with zero attached hydrogens (tertiary/aromatic N) is 4. The van der Waals surface area contributed by atoms with E-state index in [1.54, 1.807) is 0 Å². The minimum atomic E-state index is 0.123. The number of rotatable bonds is 5. The molecule has 0 atom stereocenters. The van der Waals surface area contributed by atoms with E-state index in [0.717, 1.165) is 23.8 Å². The van der Waals surface area contributed by atoms with Crippen molar-refractivity contribution in [3.8, 4) is 0 Å². The molecule has 6 heteroatoms. The van der Waals surface area contributed by atoms with Crippen molar-refractivity contribution < 1.29 is 0 Å². The number of nitrogens with one attached hydrogen (secondary N) is 2. The van der Waals surface area contributed by atoms with E-state index in [0.29, 0.717) is 6.54 Å². The average Bonchev–Trinajstić information content (AvgIpc) is 3.07. The molecule has 0 aromatic carbocycles. The third-order valence-corrected chi connectivity index (χ3v) is 5.31. The Morgan fingerprint density at radius 1 is 1.19 bits per heavy atom. The minimum Gasteiger partial charge on any atom is -0.355 e. The van der Waals surface area contributed by atoms with Gasteiger partial charge in [-0.3, -0.25) is 9.89 Å². The summed E-state index contributed by atoms with van der Waals surface area (Å²) in [6, 6.07) is 6.16. The number of aromatic nitrogens is 2. The minimum absolute atomic E-state index is 0.123. The second kappa shape index (κ2) is 8.08. The molecule has 1 aliphatic heterocycles. The molecule has 2 aromatic rings. The summed E-state index contributed by atoms with van der Waals surface area (Å²) in [6.07, 6.45) is 6.07. The first kappa shape index (κ1) is 18.7. The number of fused-ring (bicyclic) bond motifs is 1. The van der Waals surface area contributed by atoms with Crippen LogP contribution in [0, 0.1) is 6.92 Å². The number of likely N-dealkylation sites (tertiary alicyclic amines) is 1. The molecule has 2 aromatic heterocycles. The number of piperidine rings is 1. The third-order valence-electron chi connectivity index (χ3n) is 5.31. The molecule has 1 saturated heterocycles. The van der Waals surface area contributed by atoms with Crippen molar-refractivity contribution in [1.82, 2.24) is 24.9 Å². The summed E-state index contributed by atoms with van der Waals surface area (Å²) in [6.45, 7) is 10.6. The van der Waals surface area contributed by atoms with Crippen LogP contribution < -0.4 is 10.6 Å². The van der Waals surface area contributed by atoms with Crippen molar-refractivity contribution in [2.45, 2.75) is 52.1 Å². The van der Waals surface area contributed by atoms with Crippen molar-refractivity contribution in [3.05, 3.63) is 35.8 Å². The SMILES string of the molecule is CN=C(NCc1cn2c(C)cccc2n1)NCC(C)(C)N1CCCCC1. The van der Waals surface area contributed by atoms with E-state index >= 15 is 0 Å². The van der Waals surface area contributed by atoms with Gasteiger partial charge in [-0.15, -0.1) is 0 Å². The molecule has 0 unspecified atom stereocenters. The Labute approximate surface area is 156 Å². The molecule has 3 rings (SSSR count). The van der Waals surface area contributed by atoms with Crippen LogP contribution in [0.4, 0.5) is 0 Å². The predicted molar refractivity (Wildman–Crippen MR) is 108 cm³/mol. The average molecular weight is 357 g/mol. The number of pyridine rings is 1. The Hall–Kier alpha value is -2.08. The Morgan fingerprint density at radius 2 is 1.96 bits per heavy atom. The van der Waals surface area contributed by atoms with E-state index in [9.17, 15) is 0 Å². The number of hydrogen-bond donors (Lipinski definition) is 2. The molecule has 3 heterocycles. The highest BCUT2D eigenvalue weighted by Gasteiger charge is 2.27. The Morgan fingerprint density at radius 3 is 2.65 bits per heavy atom. The molecule has 142 valence electrons. The molecule has 1 aliphatic rings. The van der Waals surface area contributed by atoms with Crippen molar-refractivity contribution in [3.63, 3.8) is 0 Å². The summed E-state index contributed by atoms with van der Waals surface area (Å²) >= 11 is 0. The van der Waals surface area contributed by atoms with Gasteiger partial charge in [-0.2, -0.15) is 0 Å². The van der Waals surface area contributed by atoms with Crippen molar-refractivity contribution in [2.75, 3.05) is 26.7 Å². The largest absolute Gasteiger partial charge is 0.355 e. The van der Waals surface area contributed by atoms with Gasteiger partial charge in [0.05, 0.1) is 12.2 Å². The van der Waals surface area contributed by atoms with Gasteiger partial charge >= 0.3 is 0 Å². The van der Waals surface area contributed by atoms with Gasteiger partial charge in [0.2, 0.25) is 0 Å². The zero-order chi connectivity index (χ0) is 18.6. The quantitative estimate of drug-likeness (QED) is 0.639. The van der Waals surface area contributed by atoms with E-state index in [4.69, 9.17) is 0 Å². The third kappa shape index (κ3) is 4.36. The van der Waals surface area contributed by atoms with Crippen LogP contribution >= 0.6 is 0 Å². The highest BCUT2D eigenvalue weighted by Crippen LogP contribution is 2.19. The fraction of sp³-hybridized carbons (Fsp3) is 0.600. The molecule has 0 amide bonds. The first-order valence-electron chi connectivity index (χ1n) is 9.63. The van der Waals surface area contributed by atoms with E-state index in [2.05, 4.69) is 62.9 Å². The van der Waals surface area contributed by atoms with Crippen LogP contribution in [0.15, 0.2) is 29.4 Å². The maximum Gasteiger partial charge on any atom is 0.191 e. The van der Waals surface area contributed by atoms with Crippen LogP contribution in [-0.4, -0.2) is 52.5 Å². The Kier molecular flexibility index (Phi) is 5.81. The number of guanidine groups is 1.